The normalized spacial score (nSPS) is 20.4. The standard InChI is InChI=1S/C14H30N2/c1-6-14(4,10-15-9-12(2)3)11-16(5)13-7-8-13/h12-13,15H,6-11H2,1-5H3. The van der Waals surface area contributed by atoms with Crippen molar-refractivity contribution in [3.05, 3.63) is 0 Å². The third-order valence-electron chi connectivity index (χ3n) is 3.76. The predicted molar refractivity (Wildman–Crippen MR) is 71.8 cm³/mol. The summed E-state index contributed by atoms with van der Waals surface area (Å²) in [6, 6.07) is 0.885. The Hall–Kier alpha value is -0.0800. The number of rotatable bonds is 8. The average Bonchev–Trinajstić information content (AvgIpc) is 3.00. The zero-order chi connectivity index (χ0) is 12.2. The average molecular weight is 226 g/mol. The first-order valence-electron chi connectivity index (χ1n) is 6.88. The van der Waals surface area contributed by atoms with Gasteiger partial charge in [-0.05, 0) is 44.2 Å². The number of hydrogen-bond donors (Lipinski definition) is 1. The molecule has 0 aliphatic heterocycles. The number of nitrogens with zero attached hydrogens (tertiary/aromatic N) is 1. The van der Waals surface area contributed by atoms with Crippen LogP contribution >= 0.6 is 0 Å². The molecule has 0 spiro atoms. The zero-order valence-electron chi connectivity index (χ0n) is 11.8. The first-order chi connectivity index (χ1) is 7.47. The second-order valence-corrected chi connectivity index (χ2v) is 6.34. The molecule has 2 heteroatoms. The van der Waals surface area contributed by atoms with E-state index >= 15 is 0 Å². The molecular weight excluding hydrogens is 196 g/mol. The van der Waals surface area contributed by atoms with Crippen LogP contribution in [0.3, 0.4) is 0 Å². The smallest absolute Gasteiger partial charge is 0.00936 e. The molecule has 1 aliphatic carbocycles. The molecule has 1 unspecified atom stereocenters. The maximum Gasteiger partial charge on any atom is 0.00936 e. The van der Waals surface area contributed by atoms with Gasteiger partial charge in [-0.25, -0.2) is 0 Å². The molecule has 0 aromatic heterocycles. The van der Waals surface area contributed by atoms with Crippen LogP contribution in [0.1, 0.15) is 47.0 Å². The Morgan fingerprint density at radius 3 is 2.44 bits per heavy atom. The fourth-order valence-corrected chi connectivity index (χ4v) is 2.20. The molecule has 0 saturated heterocycles. The lowest BCUT2D eigenvalue weighted by Crippen LogP contribution is -2.42. The van der Waals surface area contributed by atoms with Gasteiger partial charge in [0, 0.05) is 19.1 Å². The second kappa shape index (κ2) is 6.02. The van der Waals surface area contributed by atoms with E-state index in [1.807, 2.05) is 0 Å². The maximum atomic E-state index is 3.61. The molecule has 2 nitrogen and oxygen atoms in total. The molecule has 1 aliphatic rings. The third-order valence-corrected chi connectivity index (χ3v) is 3.76. The highest BCUT2D eigenvalue weighted by Gasteiger charge is 2.31. The Bertz CT molecular complexity index is 199. The fourth-order valence-electron chi connectivity index (χ4n) is 2.20. The van der Waals surface area contributed by atoms with Gasteiger partial charge in [-0.2, -0.15) is 0 Å². The molecule has 0 aromatic carbocycles. The van der Waals surface area contributed by atoms with Crippen molar-refractivity contribution in [1.29, 1.82) is 0 Å². The Balaban J connectivity index is 2.29. The van der Waals surface area contributed by atoms with Crippen molar-refractivity contribution >= 4 is 0 Å². The second-order valence-electron chi connectivity index (χ2n) is 6.34. The van der Waals surface area contributed by atoms with Crippen LogP contribution in [0.4, 0.5) is 0 Å². The summed E-state index contributed by atoms with van der Waals surface area (Å²) in [6.45, 7) is 12.8. The molecule has 1 rings (SSSR count). The molecule has 0 radical (unpaired) electrons. The van der Waals surface area contributed by atoms with Gasteiger partial charge in [-0.1, -0.05) is 27.7 Å². The minimum atomic E-state index is 0.437. The summed E-state index contributed by atoms with van der Waals surface area (Å²) in [5.41, 5.74) is 0.437. The molecule has 96 valence electrons. The van der Waals surface area contributed by atoms with Gasteiger partial charge < -0.3 is 10.2 Å². The van der Waals surface area contributed by atoms with Gasteiger partial charge in [0.1, 0.15) is 0 Å². The van der Waals surface area contributed by atoms with E-state index in [1.165, 1.54) is 25.8 Å². The van der Waals surface area contributed by atoms with Crippen LogP contribution in [0.25, 0.3) is 0 Å². The van der Waals surface area contributed by atoms with Crippen LogP contribution in [0, 0.1) is 11.3 Å². The molecule has 0 aromatic rings. The first kappa shape index (κ1) is 14.0. The van der Waals surface area contributed by atoms with Gasteiger partial charge in [-0.3, -0.25) is 0 Å². The molecule has 16 heavy (non-hydrogen) atoms. The number of nitrogens with one attached hydrogen (secondary N) is 1. The summed E-state index contributed by atoms with van der Waals surface area (Å²) in [5, 5.41) is 3.61. The Morgan fingerprint density at radius 1 is 1.38 bits per heavy atom. The van der Waals surface area contributed by atoms with Crippen LogP contribution < -0.4 is 5.32 Å². The molecule has 0 bridgehead atoms. The van der Waals surface area contributed by atoms with E-state index in [4.69, 9.17) is 0 Å². The minimum absolute atomic E-state index is 0.437. The highest BCUT2D eigenvalue weighted by Crippen LogP contribution is 2.30. The summed E-state index contributed by atoms with van der Waals surface area (Å²) in [5.74, 6) is 0.752. The lowest BCUT2D eigenvalue weighted by molar-refractivity contribution is 0.173. The Morgan fingerprint density at radius 2 is 2.00 bits per heavy atom. The van der Waals surface area contributed by atoms with Crippen molar-refractivity contribution < 1.29 is 0 Å². The van der Waals surface area contributed by atoms with E-state index in [0.29, 0.717) is 5.41 Å². The first-order valence-corrected chi connectivity index (χ1v) is 6.88. The van der Waals surface area contributed by atoms with Gasteiger partial charge in [0.15, 0.2) is 0 Å². The van der Waals surface area contributed by atoms with Gasteiger partial charge in [0.25, 0.3) is 0 Å². The molecule has 1 atom stereocenters. The van der Waals surface area contributed by atoms with Crippen LogP contribution in [0.2, 0.25) is 0 Å². The maximum absolute atomic E-state index is 3.61. The molecular formula is C14H30N2. The van der Waals surface area contributed by atoms with E-state index in [1.54, 1.807) is 0 Å². The van der Waals surface area contributed by atoms with Gasteiger partial charge in [0.2, 0.25) is 0 Å². The summed E-state index contributed by atoms with van der Waals surface area (Å²) in [6.07, 6.45) is 4.08. The van der Waals surface area contributed by atoms with Crippen molar-refractivity contribution in [1.82, 2.24) is 10.2 Å². The summed E-state index contributed by atoms with van der Waals surface area (Å²) < 4.78 is 0. The van der Waals surface area contributed by atoms with E-state index in [-0.39, 0.29) is 0 Å². The van der Waals surface area contributed by atoms with Crippen molar-refractivity contribution in [2.45, 2.75) is 53.0 Å². The largest absolute Gasteiger partial charge is 0.316 e. The molecule has 1 saturated carbocycles. The quantitative estimate of drug-likeness (QED) is 0.684. The van der Waals surface area contributed by atoms with Crippen LogP contribution in [0.5, 0.6) is 0 Å². The number of hydrogen-bond acceptors (Lipinski definition) is 2. The lowest BCUT2D eigenvalue weighted by Gasteiger charge is -2.33. The zero-order valence-corrected chi connectivity index (χ0v) is 11.8. The molecule has 0 heterocycles. The topological polar surface area (TPSA) is 15.3 Å². The predicted octanol–water partition coefficient (Wildman–Crippen LogP) is 2.74. The summed E-state index contributed by atoms with van der Waals surface area (Å²) in [4.78, 5) is 2.56. The SMILES string of the molecule is CCC(C)(CNCC(C)C)CN(C)C1CC1. The lowest BCUT2D eigenvalue weighted by atomic mass is 9.86. The minimum Gasteiger partial charge on any atom is -0.316 e. The highest BCUT2D eigenvalue weighted by atomic mass is 15.2. The van der Waals surface area contributed by atoms with E-state index in [9.17, 15) is 0 Å². The monoisotopic (exact) mass is 226 g/mol. The summed E-state index contributed by atoms with van der Waals surface area (Å²) in [7, 11) is 2.29. The molecule has 1 fully saturated rings. The Kier molecular flexibility index (Phi) is 5.26. The fraction of sp³-hybridized carbons (Fsp3) is 1.00. The van der Waals surface area contributed by atoms with Crippen LogP contribution in [-0.2, 0) is 0 Å². The van der Waals surface area contributed by atoms with Crippen molar-refractivity contribution in [2.24, 2.45) is 11.3 Å². The molecule has 1 N–H and O–H groups in total. The van der Waals surface area contributed by atoms with Crippen molar-refractivity contribution in [3.8, 4) is 0 Å². The van der Waals surface area contributed by atoms with Gasteiger partial charge in [0.05, 0.1) is 0 Å². The van der Waals surface area contributed by atoms with Crippen molar-refractivity contribution in [2.75, 3.05) is 26.7 Å². The van der Waals surface area contributed by atoms with Gasteiger partial charge in [-0.15, -0.1) is 0 Å². The van der Waals surface area contributed by atoms with E-state index in [0.717, 1.165) is 25.0 Å². The third kappa shape index (κ3) is 4.84. The highest BCUT2D eigenvalue weighted by molar-refractivity contribution is 4.87. The van der Waals surface area contributed by atoms with Crippen LogP contribution in [0.15, 0.2) is 0 Å². The van der Waals surface area contributed by atoms with Crippen molar-refractivity contribution in [3.63, 3.8) is 0 Å². The molecule has 0 amide bonds. The van der Waals surface area contributed by atoms with E-state index in [2.05, 4.69) is 45.0 Å². The van der Waals surface area contributed by atoms with E-state index < -0.39 is 0 Å². The Labute approximate surface area is 102 Å². The van der Waals surface area contributed by atoms with Gasteiger partial charge >= 0.3 is 0 Å². The summed E-state index contributed by atoms with van der Waals surface area (Å²) >= 11 is 0. The van der Waals surface area contributed by atoms with Crippen LogP contribution in [-0.4, -0.2) is 37.6 Å².